The second-order valence-corrected chi connectivity index (χ2v) is 8.08. The Kier molecular flexibility index (Phi) is 5.47. The van der Waals surface area contributed by atoms with E-state index in [4.69, 9.17) is 11.6 Å². The van der Waals surface area contributed by atoms with Crippen molar-refractivity contribution in [2.45, 2.75) is 20.0 Å². The van der Waals surface area contributed by atoms with Crippen molar-refractivity contribution in [1.29, 1.82) is 0 Å². The predicted molar refractivity (Wildman–Crippen MR) is 117 cm³/mol. The summed E-state index contributed by atoms with van der Waals surface area (Å²) in [4.78, 5) is 31.2. The van der Waals surface area contributed by atoms with Gasteiger partial charge in [0.25, 0.3) is 11.5 Å². The van der Waals surface area contributed by atoms with Crippen LogP contribution >= 0.6 is 22.9 Å². The molecule has 29 heavy (non-hydrogen) atoms. The van der Waals surface area contributed by atoms with E-state index in [1.807, 2.05) is 48.5 Å². The van der Waals surface area contributed by atoms with Crippen molar-refractivity contribution < 1.29 is 4.79 Å². The first kappa shape index (κ1) is 19.4. The molecule has 0 fully saturated rings. The molecular formula is C22H18ClN3O2S. The molecule has 0 bridgehead atoms. The number of nitrogens with zero attached hydrogens (tertiary/aromatic N) is 2. The van der Waals surface area contributed by atoms with E-state index in [0.29, 0.717) is 38.8 Å². The molecule has 0 saturated carbocycles. The van der Waals surface area contributed by atoms with Gasteiger partial charge in [-0.05, 0) is 29.7 Å². The Bertz CT molecular complexity index is 1250. The summed E-state index contributed by atoms with van der Waals surface area (Å²) in [7, 11) is 0. The Morgan fingerprint density at radius 2 is 1.86 bits per heavy atom. The van der Waals surface area contributed by atoms with Gasteiger partial charge in [-0.25, -0.2) is 4.98 Å². The van der Waals surface area contributed by atoms with Crippen LogP contribution in [0.4, 0.5) is 0 Å². The minimum absolute atomic E-state index is 0.175. The summed E-state index contributed by atoms with van der Waals surface area (Å²) in [6, 6.07) is 17.1. The largest absolute Gasteiger partial charge is 0.347 e. The van der Waals surface area contributed by atoms with E-state index < -0.39 is 0 Å². The van der Waals surface area contributed by atoms with Gasteiger partial charge in [-0.2, -0.15) is 0 Å². The summed E-state index contributed by atoms with van der Waals surface area (Å²) in [6.07, 6.45) is 1.51. The lowest BCUT2D eigenvalue weighted by atomic mass is 10.2. The minimum atomic E-state index is -0.202. The fourth-order valence-electron chi connectivity index (χ4n) is 3.16. The van der Waals surface area contributed by atoms with Gasteiger partial charge in [-0.3, -0.25) is 14.2 Å². The highest BCUT2D eigenvalue weighted by atomic mass is 35.5. The third-order valence-corrected chi connectivity index (χ3v) is 6.29. The van der Waals surface area contributed by atoms with Gasteiger partial charge in [0.05, 0.1) is 23.1 Å². The van der Waals surface area contributed by atoms with Gasteiger partial charge in [-0.15, -0.1) is 11.3 Å². The molecule has 0 unspecified atom stereocenters. The first-order valence-electron chi connectivity index (χ1n) is 9.08. The van der Waals surface area contributed by atoms with Crippen LogP contribution in [0.1, 0.15) is 26.4 Å². The molecule has 0 aliphatic carbocycles. The molecule has 4 aromatic rings. The standard InChI is InChI=1S/C22H18ClN3O2S/c1-14-18-21(29-19(14)20(27)24-11-15-7-3-2-4-8-15)25-13-26(22(18)28)12-16-9-5-6-10-17(16)23/h2-10,13H,11-12H2,1H3,(H,24,27). The zero-order valence-electron chi connectivity index (χ0n) is 15.7. The van der Waals surface area contributed by atoms with Crippen molar-refractivity contribution >= 4 is 39.1 Å². The lowest BCUT2D eigenvalue weighted by Crippen LogP contribution is -2.23. The molecule has 4 rings (SSSR count). The molecule has 146 valence electrons. The van der Waals surface area contributed by atoms with Crippen LogP contribution in [-0.2, 0) is 13.1 Å². The second-order valence-electron chi connectivity index (χ2n) is 6.67. The smallest absolute Gasteiger partial charge is 0.262 e. The topological polar surface area (TPSA) is 64.0 Å². The molecule has 0 spiro atoms. The summed E-state index contributed by atoms with van der Waals surface area (Å²) in [6.45, 7) is 2.54. The minimum Gasteiger partial charge on any atom is -0.347 e. The number of hydrogen-bond acceptors (Lipinski definition) is 4. The van der Waals surface area contributed by atoms with Crippen LogP contribution in [0.2, 0.25) is 5.02 Å². The monoisotopic (exact) mass is 423 g/mol. The SMILES string of the molecule is Cc1c(C(=O)NCc2ccccc2)sc2ncn(Cc3ccccc3Cl)c(=O)c12. The number of nitrogens with one attached hydrogen (secondary N) is 1. The van der Waals surface area contributed by atoms with Crippen LogP contribution in [0.15, 0.2) is 65.7 Å². The van der Waals surface area contributed by atoms with E-state index in [2.05, 4.69) is 10.3 Å². The first-order chi connectivity index (χ1) is 14.0. The molecule has 1 amide bonds. The number of rotatable bonds is 5. The number of carbonyl (C=O) groups excluding carboxylic acids is 1. The number of thiophene rings is 1. The maximum Gasteiger partial charge on any atom is 0.262 e. The third kappa shape index (κ3) is 3.95. The molecule has 0 saturated heterocycles. The highest BCUT2D eigenvalue weighted by Crippen LogP contribution is 2.27. The number of aryl methyl sites for hydroxylation is 1. The Balaban J connectivity index is 1.63. The van der Waals surface area contributed by atoms with Crippen molar-refractivity contribution in [2.24, 2.45) is 0 Å². The molecule has 5 nitrogen and oxygen atoms in total. The van der Waals surface area contributed by atoms with Gasteiger partial charge in [-0.1, -0.05) is 60.1 Å². The zero-order valence-corrected chi connectivity index (χ0v) is 17.3. The lowest BCUT2D eigenvalue weighted by Gasteiger charge is -2.07. The van der Waals surface area contributed by atoms with Gasteiger partial charge >= 0.3 is 0 Å². The Morgan fingerprint density at radius 3 is 2.62 bits per heavy atom. The van der Waals surface area contributed by atoms with E-state index in [9.17, 15) is 9.59 Å². The van der Waals surface area contributed by atoms with Crippen molar-refractivity contribution in [2.75, 3.05) is 0 Å². The average Bonchev–Trinajstić information content (AvgIpc) is 3.08. The average molecular weight is 424 g/mol. The summed E-state index contributed by atoms with van der Waals surface area (Å²) in [5, 5.41) is 4.00. The Labute approximate surface area is 176 Å². The van der Waals surface area contributed by atoms with E-state index in [1.54, 1.807) is 13.0 Å². The molecule has 0 atom stereocenters. The molecular weight excluding hydrogens is 406 g/mol. The van der Waals surface area contributed by atoms with Gasteiger partial charge in [0.15, 0.2) is 0 Å². The number of amides is 1. The molecule has 0 aliphatic heterocycles. The fraction of sp³-hybridized carbons (Fsp3) is 0.136. The maximum absolute atomic E-state index is 13.0. The second kappa shape index (κ2) is 8.19. The van der Waals surface area contributed by atoms with Crippen molar-refractivity contribution in [3.05, 3.63) is 97.9 Å². The number of benzene rings is 2. The van der Waals surface area contributed by atoms with Crippen molar-refractivity contribution in [3.8, 4) is 0 Å². The first-order valence-corrected chi connectivity index (χ1v) is 10.3. The molecule has 0 radical (unpaired) electrons. The summed E-state index contributed by atoms with van der Waals surface area (Å²) < 4.78 is 1.52. The van der Waals surface area contributed by atoms with Crippen LogP contribution in [0.25, 0.3) is 10.2 Å². The van der Waals surface area contributed by atoms with Gasteiger partial charge < -0.3 is 5.32 Å². The predicted octanol–water partition coefficient (Wildman–Crippen LogP) is 4.40. The Hall–Kier alpha value is -2.96. The van der Waals surface area contributed by atoms with E-state index in [1.165, 1.54) is 22.2 Å². The fourth-order valence-corrected chi connectivity index (χ4v) is 4.41. The molecule has 0 aliphatic rings. The molecule has 7 heteroatoms. The van der Waals surface area contributed by atoms with Crippen LogP contribution in [0.5, 0.6) is 0 Å². The van der Waals surface area contributed by atoms with Crippen molar-refractivity contribution in [3.63, 3.8) is 0 Å². The van der Waals surface area contributed by atoms with Crippen LogP contribution in [0.3, 0.4) is 0 Å². The number of carbonyl (C=O) groups is 1. The summed E-state index contributed by atoms with van der Waals surface area (Å²) in [5.41, 5.74) is 2.33. The van der Waals surface area contributed by atoms with E-state index in [0.717, 1.165) is 11.1 Å². The summed E-state index contributed by atoms with van der Waals surface area (Å²) >= 11 is 7.46. The number of aromatic nitrogens is 2. The highest BCUT2D eigenvalue weighted by molar-refractivity contribution is 7.20. The van der Waals surface area contributed by atoms with E-state index >= 15 is 0 Å². The van der Waals surface area contributed by atoms with Gasteiger partial charge in [0.2, 0.25) is 0 Å². The number of fused-ring (bicyclic) bond motifs is 1. The highest BCUT2D eigenvalue weighted by Gasteiger charge is 2.19. The number of hydrogen-bond donors (Lipinski definition) is 1. The Morgan fingerprint density at radius 1 is 1.14 bits per heavy atom. The summed E-state index contributed by atoms with van der Waals surface area (Å²) in [5.74, 6) is -0.202. The number of halogens is 1. The van der Waals surface area contributed by atoms with Crippen LogP contribution in [-0.4, -0.2) is 15.5 Å². The van der Waals surface area contributed by atoms with Crippen LogP contribution < -0.4 is 10.9 Å². The van der Waals surface area contributed by atoms with Gasteiger partial charge in [0.1, 0.15) is 4.83 Å². The third-order valence-electron chi connectivity index (χ3n) is 4.72. The molecule has 2 aromatic heterocycles. The lowest BCUT2D eigenvalue weighted by molar-refractivity contribution is 0.0954. The van der Waals surface area contributed by atoms with Crippen LogP contribution in [0, 0.1) is 6.92 Å². The maximum atomic E-state index is 13.0. The molecule has 1 N–H and O–H groups in total. The van der Waals surface area contributed by atoms with Gasteiger partial charge in [0, 0.05) is 11.6 Å². The van der Waals surface area contributed by atoms with E-state index in [-0.39, 0.29) is 11.5 Å². The normalized spacial score (nSPS) is 11.0. The molecule has 2 heterocycles. The quantitative estimate of drug-likeness (QED) is 0.517. The van der Waals surface area contributed by atoms with Crippen molar-refractivity contribution in [1.82, 2.24) is 14.9 Å². The zero-order chi connectivity index (χ0) is 20.4. The molecule has 2 aromatic carbocycles.